The quantitative estimate of drug-likeness (QED) is 0.794. The van der Waals surface area contributed by atoms with Crippen LogP contribution >= 0.6 is 0 Å². The van der Waals surface area contributed by atoms with Gasteiger partial charge in [0.1, 0.15) is 24.5 Å². The summed E-state index contributed by atoms with van der Waals surface area (Å²) in [5.74, 6) is 0.830. The molecule has 1 spiro atoms. The van der Waals surface area contributed by atoms with Crippen molar-refractivity contribution in [3.8, 4) is 0 Å². The molecule has 0 N–H and O–H groups in total. The van der Waals surface area contributed by atoms with Crippen molar-refractivity contribution in [2.45, 2.75) is 56.6 Å². The molecular weight excluding hydrogens is 371 g/mol. The number of hydrogen-bond acceptors (Lipinski definition) is 5. The summed E-state index contributed by atoms with van der Waals surface area (Å²) in [4.78, 5) is 25.8. The van der Waals surface area contributed by atoms with E-state index in [-0.39, 0.29) is 18.2 Å². The fourth-order valence-corrected chi connectivity index (χ4v) is 4.90. The molecule has 3 aliphatic heterocycles. The van der Waals surface area contributed by atoms with Crippen LogP contribution in [0.2, 0.25) is 0 Å². The molecule has 6 nitrogen and oxygen atoms in total. The van der Waals surface area contributed by atoms with E-state index < -0.39 is 11.8 Å². The number of fused-ring (bicyclic) bond motifs is 1. The number of alkyl halides is 1. The molecule has 3 saturated heterocycles. The van der Waals surface area contributed by atoms with Crippen LogP contribution in [0.5, 0.6) is 0 Å². The van der Waals surface area contributed by atoms with Crippen molar-refractivity contribution in [1.29, 1.82) is 0 Å². The van der Waals surface area contributed by atoms with Gasteiger partial charge in [-0.1, -0.05) is 30.3 Å². The minimum atomic E-state index is -1.13. The van der Waals surface area contributed by atoms with E-state index in [4.69, 9.17) is 4.74 Å². The van der Waals surface area contributed by atoms with Crippen molar-refractivity contribution < 1.29 is 13.9 Å². The summed E-state index contributed by atoms with van der Waals surface area (Å²) in [5, 5.41) is 0. The Morgan fingerprint density at radius 2 is 1.93 bits per heavy atom. The predicted molar refractivity (Wildman–Crippen MR) is 106 cm³/mol. The molecule has 0 radical (unpaired) electrons. The first-order chi connectivity index (χ1) is 14.1. The van der Waals surface area contributed by atoms with Crippen molar-refractivity contribution in [2.75, 3.05) is 18.0 Å². The number of carbonyl (C=O) groups is 1. The minimum absolute atomic E-state index is 0.0987. The van der Waals surface area contributed by atoms with Crippen LogP contribution in [-0.2, 0) is 9.53 Å². The van der Waals surface area contributed by atoms with Gasteiger partial charge in [-0.3, -0.25) is 4.79 Å². The highest BCUT2D eigenvalue weighted by molar-refractivity contribution is 5.88. The second-order valence-corrected chi connectivity index (χ2v) is 8.19. The maximum absolute atomic E-state index is 13.6. The van der Waals surface area contributed by atoms with E-state index in [1.807, 2.05) is 23.1 Å². The Bertz CT molecular complexity index is 899. The molecule has 4 heterocycles. The Morgan fingerprint density at radius 1 is 1.17 bits per heavy atom. The number of piperidine rings is 1. The van der Waals surface area contributed by atoms with Crippen LogP contribution in [0.1, 0.15) is 56.1 Å². The number of ether oxygens (including phenoxy) is 1. The Kier molecular flexibility index (Phi) is 4.50. The molecule has 29 heavy (non-hydrogen) atoms. The molecule has 0 bridgehead atoms. The third kappa shape index (κ3) is 3.08. The molecule has 3 aliphatic rings. The molecule has 1 aromatic heterocycles. The van der Waals surface area contributed by atoms with Gasteiger partial charge in [0.15, 0.2) is 5.60 Å². The number of nitrogens with zero attached hydrogens (tertiary/aromatic N) is 4. The maximum Gasteiger partial charge on any atom is 0.257 e. The lowest BCUT2D eigenvalue weighted by atomic mass is 9.89. The van der Waals surface area contributed by atoms with E-state index in [0.717, 1.165) is 12.8 Å². The van der Waals surface area contributed by atoms with Crippen LogP contribution in [-0.4, -0.2) is 45.7 Å². The van der Waals surface area contributed by atoms with Gasteiger partial charge in [0.05, 0.1) is 11.7 Å². The predicted octanol–water partition coefficient (Wildman–Crippen LogP) is 3.57. The molecule has 3 fully saturated rings. The summed E-state index contributed by atoms with van der Waals surface area (Å²) < 4.78 is 20.0. The van der Waals surface area contributed by atoms with Crippen LogP contribution < -0.4 is 4.90 Å². The average Bonchev–Trinajstić information content (AvgIpc) is 3.28. The summed E-state index contributed by atoms with van der Waals surface area (Å²) in [7, 11) is 0. The number of hydrogen-bond donors (Lipinski definition) is 0. The highest BCUT2D eigenvalue weighted by Crippen LogP contribution is 2.47. The van der Waals surface area contributed by atoms with E-state index in [1.165, 1.54) is 18.8 Å². The third-order valence-corrected chi connectivity index (χ3v) is 6.48. The number of carbonyl (C=O) groups excluding carboxylic acids is 1. The van der Waals surface area contributed by atoms with Crippen LogP contribution in [0, 0.1) is 0 Å². The SMILES string of the molecule is CC(F)c1cc(N2CCC3(CC2)O[C@@H]2CC[C@@H](c4ccccc4)N2C3=O)ncn1. The molecule has 7 heteroatoms. The smallest absolute Gasteiger partial charge is 0.257 e. The Hall–Kier alpha value is -2.54. The Morgan fingerprint density at radius 3 is 2.66 bits per heavy atom. The zero-order chi connectivity index (χ0) is 20.0. The second-order valence-electron chi connectivity index (χ2n) is 8.19. The van der Waals surface area contributed by atoms with Crippen LogP contribution in [0.25, 0.3) is 0 Å². The average molecular weight is 396 g/mol. The lowest BCUT2D eigenvalue weighted by Gasteiger charge is -2.38. The molecule has 0 aliphatic carbocycles. The highest BCUT2D eigenvalue weighted by Gasteiger charge is 2.57. The maximum atomic E-state index is 13.6. The molecule has 152 valence electrons. The Balaban J connectivity index is 1.32. The number of anilines is 1. The number of benzene rings is 1. The van der Waals surface area contributed by atoms with Gasteiger partial charge in [0.25, 0.3) is 5.91 Å². The minimum Gasteiger partial charge on any atom is -0.356 e. The first-order valence-corrected chi connectivity index (χ1v) is 10.3. The Labute approximate surface area is 169 Å². The van der Waals surface area contributed by atoms with E-state index >= 15 is 0 Å². The van der Waals surface area contributed by atoms with Gasteiger partial charge >= 0.3 is 0 Å². The van der Waals surface area contributed by atoms with Gasteiger partial charge in [-0.25, -0.2) is 14.4 Å². The molecule has 0 saturated carbocycles. The zero-order valence-corrected chi connectivity index (χ0v) is 16.5. The topological polar surface area (TPSA) is 58.6 Å². The van der Waals surface area contributed by atoms with Crippen molar-refractivity contribution in [1.82, 2.24) is 14.9 Å². The fraction of sp³-hybridized carbons (Fsp3) is 0.500. The monoisotopic (exact) mass is 396 g/mol. The highest BCUT2D eigenvalue weighted by atomic mass is 19.1. The van der Waals surface area contributed by atoms with Crippen molar-refractivity contribution in [2.24, 2.45) is 0 Å². The molecule has 1 amide bonds. The molecule has 1 unspecified atom stereocenters. The third-order valence-electron chi connectivity index (χ3n) is 6.48. The molecule has 2 aromatic rings. The summed E-state index contributed by atoms with van der Waals surface area (Å²) in [6.07, 6.45) is 3.19. The standard InChI is InChI=1S/C22H25FN4O2/c1-15(23)17-13-19(25-14-24-17)26-11-9-22(10-12-26)21(28)27-18(7-8-20(27)29-22)16-5-3-2-4-6-16/h2-6,13-15,18,20H,7-12H2,1H3/t15?,18-,20+/m0/s1. The van der Waals surface area contributed by atoms with Crippen LogP contribution in [0.4, 0.5) is 10.2 Å². The normalized spacial score (nSPS) is 26.8. The van der Waals surface area contributed by atoms with Gasteiger partial charge in [-0.05, 0) is 25.3 Å². The second kappa shape index (κ2) is 7.06. The van der Waals surface area contributed by atoms with E-state index in [9.17, 15) is 9.18 Å². The lowest BCUT2D eigenvalue weighted by molar-refractivity contribution is -0.140. The van der Waals surface area contributed by atoms with Gasteiger partial charge in [-0.2, -0.15) is 0 Å². The zero-order valence-electron chi connectivity index (χ0n) is 16.5. The van der Waals surface area contributed by atoms with Gasteiger partial charge in [0.2, 0.25) is 0 Å². The molecule has 1 aromatic carbocycles. The van der Waals surface area contributed by atoms with E-state index in [2.05, 4.69) is 27.0 Å². The first kappa shape index (κ1) is 18.5. The van der Waals surface area contributed by atoms with Crippen molar-refractivity contribution in [3.63, 3.8) is 0 Å². The van der Waals surface area contributed by atoms with Gasteiger partial charge in [-0.15, -0.1) is 0 Å². The summed E-state index contributed by atoms with van der Waals surface area (Å²) >= 11 is 0. The fourth-order valence-electron chi connectivity index (χ4n) is 4.90. The lowest BCUT2D eigenvalue weighted by Crippen LogP contribution is -2.50. The number of rotatable bonds is 3. The van der Waals surface area contributed by atoms with Crippen LogP contribution in [0.3, 0.4) is 0 Å². The summed E-state index contributed by atoms with van der Waals surface area (Å²) in [6.45, 7) is 2.78. The first-order valence-electron chi connectivity index (χ1n) is 10.3. The molecule has 5 rings (SSSR count). The summed E-state index contributed by atoms with van der Waals surface area (Å²) in [6, 6.07) is 12.0. The van der Waals surface area contributed by atoms with Crippen molar-refractivity contribution >= 4 is 11.7 Å². The number of aromatic nitrogens is 2. The van der Waals surface area contributed by atoms with E-state index in [0.29, 0.717) is 37.4 Å². The van der Waals surface area contributed by atoms with Gasteiger partial charge in [0, 0.05) is 32.0 Å². The van der Waals surface area contributed by atoms with E-state index in [1.54, 1.807) is 6.07 Å². The van der Waals surface area contributed by atoms with Gasteiger partial charge < -0.3 is 14.5 Å². The van der Waals surface area contributed by atoms with Crippen molar-refractivity contribution in [3.05, 3.63) is 54.0 Å². The number of amides is 1. The largest absolute Gasteiger partial charge is 0.356 e. The molecular formula is C22H25FN4O2. The van der Waals surface area contributed by atoms with Crippen LogP contribution in [0.15, 0.2) is 42.7 Å². The molecule has 3 atom stereocenters. The number of halogens is 1. The summed E-state index contributed by atoms with van der Waals surface area (Å²) in [5.41, 5.74) is 0.822.